The van der Waals surface area contributed by atoms with E-state index >= 15 is 0 Å². The van der Waals surface area contributed by atoms with Crippen molar-refractivity contribution < 1.29 is 27.1 Å². The van der Waals surface area contributed by atoms with Crippen molar-refractivity contribution in [2.75, 3.05) is 7.05 Å². The number of nitrogens with zero attached hydrogens (tertiary/aromatic N) is 4. The summed E-state index contributed by atoms with van der Waals surface area (Å²) in [5, 5.41) is 10.6. The van der Waals surface area contributed by atoms with Gasteiger partial charge in [0.15, 0.2) is 0 Å². The Morgan fingerprint density at radius 1 is 1.39 bits per heavy atom. The molecule has 2 rings (SSSR count). The summed E-state index contributed by atoms with van der Waals surface area (Å²) in [7, 11) is 1.66. The van der Waals surface area contributed by atoms with E-state index in [4.69, 9.17) is 0 Å². The average molecular weight is 399 g/mol. The first-order valence-electron chi connectivity index (χ1n) is 8.00. The van der Waals surface area contributed by atoms with E-state index in [0.717, 1.165) is 6.07 Å². The summed E-state index contributed by atoms with van der Waals surface area (Å²) >= 11 is 0. The van der Waals surface area contributed by atoms with E-state index < -0.39 is 24.0 Å². The Hall–Kier alpha value is -3.24. The van der Waals surface area contributed by atoms with Crippen molar-refractivity contribution in [3.05, 3.63) is 47.5 Å². The van der Waals surface area contributed by atoms with Crippen LogP contribution in [0.1, 0.15) is 31.1 Å². The van der Waals surface area contributed by atoms with Crippen LogP contribution >= 0.6 is 0 Å². The molecule has 1 unspecified atom stereocenters. The number of hydrogen-bond donors (Lipinski definition) is 1. The summed E-state index contributed by atoms with van der Waals surface area (Å²) in [6.07, 6.45) is -1.72. The average Bonchev–Trinajstić information content (AvgIpc) is 3.09. The van der Waals surface area contributed by atoms with Crippen LogP contribution in [0, 0.1) is 5.82 Å². The van der Waals surface area contributed by atoms with E-state index in [1.165, 1.54) is 23.0 Å². The maximum absolute atomic E-state index is 14.3. The summed E-state index contributed by atoms with van der Waals surface area (Å²) in [4.78, 5) is 15.0. The molecule has 2 aromatic rings. The number of carbonyl (C=O) groups is 1. The van der Waals surface area contributed by atoms with Crippen LogP contribution < -0.4 is 10.1 Å². The Morgan fingerprint density at radius 3 is 2.68 bits per heavy atom. The maximum Gasteiger partial charge on any atom is 0.573 e. The number of aliphatic imine (C=N–C) groups is 1. The molecule has 0 radical (unpaired) electrons. The number of nitrogens with one attached hydrogen (secondary N) is 1. The molecule has 0 aliphatic rings. The van der Waals surface area contributed by atoms with Gasteiger partial charge in [0, 0.05) is 24.8 Å². The highest BCUT2D eigenvalue weighted by atomic mass is 19.4. The molecule has 150 valence electrons. The second-order valence-electron chi connectivity index (χ2n) is 5.63. The van der Waals surface area contributed by atoms with Crippen LogP contribution in [0.2, 0.25) is 0 Å². The Kier molecular flexibility index (Phi) is 6.49. The second-order valence-corrected chi connectivity index (χ2v) is 5.63. The first-order valence-corrected chi connectivity index (χ1v) is 8.00. The minimum atomic E-state index is -4.91. The first-order chi connectivity index (χ1) is 13.1. The Morgan fingerprint density at radius 2 is 2.11 bits per heavy atom. The van der Waals surface area contributed by atoms with E-state index in [-0.39, 0.29) is 17.0 Å². The Labute approximate surface area is 157 Å². The number of benzene rings is 1. The van der Waals surface area contributed by atoms with E-state index in [0.29, 0.717) is 18.2 Å². The monoisotopic (exact) mass is 399 g/mol. The van der Waals surface area contributed by atoms with Gasteiger partial charge in [-0.05, 0) is 19.9 Å². The number of alkyl halides is 3. The summed E-state index contributed by atoms with van der Waals surface area (Å²) in [5.74, 6) is -1.02. The molecule has 1 aromatic heterocycles. The SMILES string of the molecule is CN/C(C)=N\C(=C/C=O)c1cn(C(C)c2ccc(OC(F)(F)F)cc2F)nn1. The van der Waals surface area contributed by atoms with Gasteiger partial charge < -0.3 is 10.1 Å². The molecule has 0 aliphatic heterocycles. The van der Waals surface area contributed by atoms with Crippen LogP contribution in [0.5, 0.6) is 5.75 Å². The van der Waals surface area contributed by atoms with Crippen LogP contribution in [0.25, 0.3) is 5.70 Å². The van der Waals surface area contributed by atoms with Gasteiger partial charge in [0.1, 0.15) is 23.5 Å². The molecule has 1 heterocycles. The number of rotatable bonds is 6. The van der Waals surface area contributed by atoms with E-state index in [2.05, 4.69) is 25.4 Å². The molecule has 0 spiro atoms. The molecular weight excluding hydrogens is 382 g/mol. The largest absolute Gasteiger partial charge is 0.573 e. The van der Waals surface area contributed by atoms with E-state index in [9.17, 15) is 22.4 Å². The number of carbonyl (C=O) groups excluding carboxylic acids is 1. The third kappa shape index (κ3) is 5.38. The smallest absolute Gasteiger partial charge is 0.406 e. The van der Waals surface area contributed by atoms with Crippen molar-refractivity contribution in [3.63, 3.8) is 0 Å². The lowest BCUT2D eigenvalue weighted by atomic mass is 10.1. The quantitative estimate of drug-likeness (QED) is 0.265. The predicted molar refractivity (Wildman–Crippen MR) is 93.1 cm³/mol. The van der Waals surface area contributed by atoms with Crippen LogP contribution in [0.3, 0.4) is 0 Å². The number of aromatic nitrogens is 3. The summed E-state index contributed by atoms with van der Waals surface area (Å²) < 4.78 is 56.0. The predicted octanol–water partition coefficient (Wildman–Crippen LogP) is 3.10. The molecule has 0 saturated heterocycles. The third-order valence-electron chi connectivity index (χ3n) is 3.70. The second kappa shape index (κ2) is 8.63. The fourth-order valence-corrected chi connectivity index (χ4v) is 2.25. The summed E-state index contributed by atoms with van der Waals surface area (Å²) in [6, 6.07) is 2.15. The van der Waals surface area contributed by atoms with Gasteiger partial charge in [0.05, 0.1) is 23.8 Å². The summed E-state index contributed by atoms with van der Waals surface area (Å²) in [5.41, 5.74) is 0.600. The zero-order chi connectivity index (χ0) is 20.9. The van der Waals surface area contributed by atoms with Gasteiger partial charge in [-0.15, -0.1) is 18.3 Å². The van der Waals surface area contributed by atoms with E-state index in [1.807, 2.05) is 0 Å². The first kappa shape index (κ1) is 21.1. The molecule has 7 nitrogen and oxygen atoms in total. The molecule has 1 aromatic carbocycles. The molecule has 0 amide bonds. The molecule has 0 bridgehead atoms. The Bertz CT molecular complexity index is 905. The molecular formula is C17H17F4N5O2. The molecule has 0 fully saturated rings. The van der Waals surface area contributed by atoms with Crippen molar-refractivity contribution in [2.45, 2.75) is 26.3 Å². The zero-order valence-corrected chi connectivity index (χ0v) is 15.2. The molecule has 11 heteroatoms. The van der Waals surface area contributed by atoms with Gasteiger partial charge in [0.2, 0.25) is 0 Å². The van der Waals surface area contributed by atoms with Gasteiger partial charge in [-0.1, -0.05) is 11.3 Å². The zero-order valence-electron chi connectivity index (χ0n) is 15.2. The minimum absolute atomic E-state index is 0.0850. The van der Waals surface area contributed by atoms with Gasteiger partial charge in [-0.25, -0.2) is 14.1 Å². The van der Waals surface area contributed by atoms with Gasteiger partial charge >= 0.3 is 6.36 Å². The molecule has 1 N–H and O–H groups in total. The highest BCUT2D eigenvalue weighted by Crippen LogP contribution is 2.28. The van der Waals surface area contributed by atoms with Crippen LogP contribution in [0.15, 0.2) is 35.5 Å². The highest BCUT2D eigenvalue weighted by Gasteiger charge is 2.31. The minimum Gasteiger partial charge on any atom is -0.406 e. The third-order valence-corrected chi connectivity index (χ3v) is 3.70. The Balaban J connectivity index is 2.30. The fraction of sp³-hybridized carbons (Fsp3) is 0.294. The van der Waals surface area contributed by atoms with Crippen molar-refractivity contribution in [3.8, 4) is 5.75 Å². The van der Waals surface area contributed by atoms with Crippen LogP contribution in [0.4, 0.5) is 17.6 Å². The fourth-order valence-electron chi connectivity index (χ4n) is 2.25. The standard InChI is InChI=1S/C17H17F4N5O2/c1-10(13-5-4-12(8-14(13)18)28-17(19,20)21)26-9-16(24-25-26)15(6-7-27)23-11(2)22-3/h4-10H,1-3H3,(H,22,23)/b15-6-. The van der Waals surface area contributed by atoms with Crippen molar-refractivity contribution in [1.29, 1.82) is 0 Å². The lowest BCUT2D eigenvalue weighted by Crippen LogP contribution is -2.17. The normalized spacial score (nSPS) is 14.0. The number of amidine groups is 1. The maximum atomic E-state index is 14.3. The molecule has 1 atom stereocenters. The van der Waals surface area contributed by atoms with Gasteiger partial charge in [-0.3, -0.25) is 4.79 Å². The van der Waals surface area contributed by atoms with Gasteiger partial charge in [0.25, 0.3) is 0 Å². The summed E-state index contributed by atoms with van der Waals surface area (Å²) in [6.45, 7) is 3.28. The topological polar surface area (TPSA) is 81.4 Å². The van der Waals surface area contributed by atoms with Crippen molar-refractivity contribution in [2.24, 2.45) is 4.99 Å². The van der Waals surface area contributed by atoms with Crippen LogP contribution in [-0.2, 0) is 4.79 Å². The number of aldehydes is 1. The number of halogens is 4. The number of hydrogen-bond acceptors (Lipinski definition) is 5. The lowest BCUT2D eigenvalue weighted by Gasteiger charge is -2.14. The number of allylic oxidation sites excluding steroid dienone is 1. The lowest BCUT2D eigenvalue weighted by molar-refractivity contribution is -0.274. The number of ether oxygens (including phenoxy) is 1. The highest BCUT2D eigenvalue weighted by molar-refractivity contribution is 5.89. The van der Waals surface area contributed by atoms with Crippen molar-refractivity contribution in [1.82, 2.24) is 20.3 Å². The molecule has 0 saturated carbocycles. The molecule has 28 heavy (non-hydrogen) atoms. The van der Waals surface area contributed by atoms with E-state index in [1.54, 1.807) is 20.9 Å². The van der Waals surface area contributed by atoms with Gasteiger partial charge in [-0.2, -0.15) is 0 Å². The van der Waals surface area contributed by atoms with Crippen LogP contribution in [-0.4, -0.2) is 40.5 Å². The molecule has 0 aliphatic carbocycles. The van der Waals surface area contributed by atoms with Crippen molar-refractivity contribution >= 4 is 17.8 Å².